The van der Waals surface area contributed by atoms with Crippen molar-refractivity contribution < 1.29 is 22.8 Å². The molecule has 0 aliphatic carbocycles. The van der Waals surface area contributed by atoms with E-state index in [2.05, 4.69) is 15.1 Å². The van der Waals surface area contributed by atoms with Crippen molar-refractivity contribution in [3.05, 3.63) is 83.6 Å². The van der Waals surface area contributed by atoms with Crippen LogP contribution in [0, 0.1) is 0 Å². The number of anilines is 1. The molecule has 3 heterocycles. The lowest BCUT2D eigenvalue weighted by Gasteiger charge is -2.32. The number of pyridine rings is 2. The van der Waals surface area contributed by atoms with Gasteiger partial charge in [0.1, 0.15) is 5.82 Å². The van der Waals surface area contributed by atoms with Crippen LogP contribution in [0.3, 0.4) is 0 Å². The molecule has 0 spiro atoms. The lowest BCUT2D eigenvalue weighted by Crippen LogP contribution is -2.48. The Morgan fingerprint density at radius 1 is 1.13 bits per heavy atom. The van der Waals surface area contributed by atoms with E-state index in [-0.39, 0.29) is 29.3 Å². The number of allylic oxidation sites excluding steroid dienone is 2. The van der Waals surface area contributed by atoms with Crippen LogP contribution < -0.4 is 17.2 Å². The van der Waals surface area contributed by atoms with Gasteiger partial charge < -0.3 is 17.2 Å². The minimum atomic E-state index is -4.58. The van der Waals surface area contributed by atoms with Crippen molar-refractivity contribution in [3.63, 3.8) is 0 Å². The van der Waals surface area contributed by atoms with Gasteiger partial charge in [0, 0.05) is 31.2 Å². The molecular formula is C25H24F3N9O2. The normalized spacial score (nSPS) is 12.4. The molecule has 39 heavy (non-hydrogen) atoms. The monoisotopic (exact) mass is 539 g/mol. The Hall–Kier alpha value is -5.14. The van der Waals surface area contributed by atoms with Gasteiger partial charge in [0.05, 0.1) is 46.1 Å². The first-order valence-electron chi connectivity index (χ1n) is 11.4. The molecular weight excluding hydrogens is 515 g/mol. The molecule has 4 rings (SSSR count). The van der Waals surface area contributed by atoms with E-state index in [0.29, 0.717) is 28.0 Å². The van der Waals surface area contributed by atoms with E-state index >= 15 is 0 Å². The van der Waals surface area contributed by atoms with Crippen LogP contribution in [-0.4, -0.2) is 48.6 Å². The van der Waals surface area contributed by atoms with Crippen molar-refractivity contribution in [2.75, 3.05) is 12.8 Å². The van der Waals surface area contributed by atoms with Crippen LogP contribution in [0.15, 0.2) is 66.8 Å². The molecule has 14 heteroatoms. The largest absolute Gasteiger partial charge is 0.417 e. The molecule has 6 N–H and O–H groups in total. The van der Waals surface area contributed by atoms with Gasteiger partial charge in [-0.25, -0.2) is 15.0 Å². The maximum Gasteiger partial charge on any atom is 0.417 e. The average Bonchev–Trinajstić information content (AvgIpc) is 3.31. The minimum Gasteiger partial charge on any atom is -0.405 e. The van der Waals surface area contributed by atoms with Crippen molar-refractivity contribution in [2.45, 2.75) is 12.7 Å². The van der Waals surface area contributed by atoms with E-state index in [1.165, 1.54) is 31.5 Å². The maximum atomic E-state index is 13.8. The molecule has 11 nitrogen and oxygen atoms in total. The highest BCUT2D eigenvalue weighted by molar-refractivity contribution is 6.10. The number of likely N-dealkylation sites (N-methyl/N-ethyl adjacent to an activating group) is 1. The zero-order valence-electron chi connectivity index (χ0n) is 20.8. The predicted octanol–water partition coefficient (Wildman–Crippen LogP) is 2.45. The maximum absolute atomic E-state index is 13.8. The number of nitrogens with zero attached hydrogens (tertiary/aromatic N) is 6. The number of hydrazine groups is 1. The molecule has 4 aromatic rings. The zero-order chi connectivity index (χ0) is 28.5. The Labute approximate surface area is 219 Å². The summed E-state index contributed by atoms with van der Waals surface area (Å²) < 4.78 is 40.6. The number of hydrogen-bond acceptors (Lipinski definition) is 8. The predicted molar refractivity (Wildman–Crippen MR) is 138 cm³/mol. The van der Waals surface area contributed by atoms with Crippen LogP contribution in [0.1, 0.15) is 21.6 Å². The highest BCUT2D eigenvalue weighted by Gasteiger charge is 2.31. The smallest absolute Gasteiger partial charge is 0.405 e. The standard InChI is InChI=1S/C25H24F3N9O2/c1-35-21-17-10-14(5-8-20(17)34-22(31)18(21)12-33-35)23(38)37(36(2)24(39)19(30)4-3-9-29)13-16-7-6-15(11-32-16)25(26,27)28/h3-12H,13,29-30H2,1-2H3,(H2,31,34)/b9-3-,19-4-. The summed E-state index contributed by atoms with van der Waals surface area (Å²) in [5.74, 6) is -1.12. The second-order valence-corrected chi connectivity index (χ2v) is 8.49. The van der Waals surface area contributed by atoms with Gasteiger partial charge in [0.2, 0.25) is 0 Å². The Bertz CT molecular complexity index is 1630. The van der Waals surface area contributed by atoms with E-state index in [4.69, 9.17) is 17.2 Å². The molecule has 0 radical (unpaired) electrons. The first kappa shape index (κ1) is 26.9. The molecule has 0 aliphatic heterocycles. The zero-order valence-corrected chi connectivity index (χ0v) is 20.8. The average molecular weight is 540 g/mol. The molecule has 0 aliphatic rings. The van der Waals surface area contributed by atoms with Gasteiger partial charge in [0.15, 0.2) is 0 Å². The van der Waals surface area contributed by atoms with Crippen LogP contribution in [0.5, 0.6) is 0 Å². The number of alkyl halides is 3. The lowest BCUT2D eigenvalue weighted by atomic mass is 10.1. The second kappa shape index (κ2) is 10.3. The first-order valence-corrected chi connectivity index (χ1v) is 11.4. The quantitative estimate of drug-likeness (QED) is 0.198. The van der Waals surface area contributed by atoms with Gasteiger partial charge in [0.25, 0.3) is 11.8 Å². The molecule has 0 saturated carbocycles. The fourth-order valence-corrected chi connectivity index (χ4v) is 3.92. The summed E-state index contributed by atoms with van der Waals surface area (Å²) in [6.45, 7) is -0.335. The number of hydrogen-bond donors (Lipinski definition) is 3. The van der Waals surface area contributed by atoms with Crippen molar-refractivity contribution in [1.82, 2.24) is 29.8 Å². The summed E-state index contributed by atoms with van der Waals surface area (Å²) >= 11 is 0. The molecule has 3 aromatic heterocycles. The molecule has 2 amide bonds. The van der Waals surface area contributed by atoms with Crippen molar-refractivity contribution in [3.8, 4) is 0 Å². The third kappa shape index (κ3) is 5.30. The Balaban J connectivity index is 1.77. The highest BCUT2D eigenvalue weighted by Crippen LogP contribution is 2.30. The fourth-order valence-electron chi connectivity index (χ4n) is 3.92. The van der Waals surface area contributed by atoms with Crippen molar-refractivity contribution in [2.24, 2.45) is 18.5 Å². The van der Waals surface area contributed by atoms with Crippen molar-refractivity contribution >= 4 is 39.4 Å². The number of aryl methyl sites for hydroxylation is 1. The molecule has 0 unspecified atom stereocenters. The number of nitrogens with two attached hydrogens (primary N) is 3. The third-order valence-electron chi connectivity index (χ3n) is 5.94. The van der Waals surface area contributed by atoms with E-state index < -0.39 is 23.6 Å². The number of nitrogen functional groups attached to an aromatic ring is 1. The third-order valence-corrected chi connectivity index (χ3v) is 5.94. The van der Waals surface area contributed by atoms with E-state index in [0.717, 1.165) is 22.2 Å². The molecule has 0 bridgehead atoms. The number of fused-ring (bicyclic) bond motifs is 3. The van der Waals surface area contributed by atoms with Crippen LogP contribution in [-0.2, 0) is 24.6 Å². The van der Waals surface area contributed by atoms with E-state index in [9.17, 15) is 22.8 Å². The molecule has 0 fully saturated rings. The number of aromatic nitrogens is 4. The second-order valence-electron chi connectivity index (χ2n) is 8.49. The Morgan fingerprint density at radius 2 is 1.87 bits per heavy atom. The van der Waals surface area contributed by atoms with Gasteiger partial charge in [-0.1, -0.05) is 0 Å². The summed E-state index contributed by atoms with van der Waals surface area (Å²) in [6.07, 6.45) is 1.40. The van der Waals surface area contributed by atoms with E-state index in [1.807, 2.05) is 0 Å². The van der Waals surface area contributed by atoms with Gasteiger partial charge in [-0.15, -0.1) is 0 Å². The number of amides is 2. The topological polar surface area (TPSA) is 162 Å². The molecule has 1 aromatic carbocycles. The van der Waals surface area contributed by atoms with E-state index in [1.54, 1.807) is 30.1 Å². The number of rotatable bonds is 5. The van der Waals surface area contributed by atoms with Crippen LogP contribution in [0.2, 0.25) is 0 Å². The summed E-state index contributed by atoms with van der Waals surface area (Å²) in [7, 11) is 3.02. The lowest BCUT2D eigenvalue weighted by molar-refractivity contribution is -0.138. The van der Waals surface area contributed by atoms with Crippen LogP contribution >= 0.6 is 0 Å². The summed E-state index contributed by atoms with van der Waals surface area (Å²) in [5, 5.41) is 7.38. The number of carbonyl (C=O) groups is 2. The van der Waals surface area contributed by atoms with Crippen LogP contribution in [0.4, 0.5) is 19.0 Å². The minimum absolute atomic E-state index is 0.102. The Kier molecular flexibility index (Phi) is 7.12. The number of benzene rings is 1. The SMILES string of the molecule is CN(C(=O)/C(N)=C/C=C\N)N(Cc1ccc(C(F)(F)F)cn1)C(=O)c1ccc2nc(N)c3cnn(C)c3c2c1. The number of carbonyl (C=O) groups excluding carboxylic acids is 2. The fraction of sp³-hybridized carbons (Fsp3) is 0.160. The van der Waals surface area contributed by atoms with Crippen LogP contribution in [0.25, 0.3) is 21.8 Å². The summed E-state index contributed by atoms with van der Waals surface area (Å²) in [6, 6.07) is 6.65. The van der Waals surface area contributed by atoms with Gasteiger partial charge >= 0.3 is 6.18 Å². The molecule has 202 valence electrons. The van der Waals surface area contributed by atoms with Gasteiger partial charge in [-0.3, -0.25) is 19.3 Å². The summed E-state index contributed by atoms with van der Waals surface area (Å²) in [5.41, 5.74) is 17.4. The van der Waals surface area contributed by atoms with Gasteiger partial charge in [-0.05, 0) is 48.7 Å². The summed E-state index contributed by atoms with van der Waals surface area (Å²) in [4.78, 5) is 35.0. The Morgan fingerprint density at radius 3 is 2.51 bits per heavy atom. The number of halogens is 3. The molecule has 0 saturated heterocycles. The first-order chi connectivity index (χ1) is 18.4. The molecule has 0 atom stereocenters. The highest BCUT2D eigenvalue weighted by atomic mass is 19.4. The van der Waals surface area contributed by atoms with Gasteiger partial charge in [-0.2, -0.15) is 18.3 Å². The van der Waals surface area contributed by atoms with Crippen molar-refractivity contribution in [1.29, 1.82) is 0 Å².